The maximum atomic E-state index is 3.47. The van der Waals surface area contributed by atoms with Crippen LogP contribution < -0.4 is 5.32 Å². The quantitative estimate of drug-likeness (QED) is 0.725. The molecule has 3 fully saturated rings. The van der Waals surface area contributed by atoms with Gasteiger partial charge in [0.05, 0.1) is 0 Å². The topological polar surface area (TPSA) is 18.5 Å². The largest absolute Gasteiger partial charge is 0.316 e. The van der Waals surface area contributed by atoms with E-state index in [1.54, 1.807) is 0 Å². The lowest BCUT2D eigenvalue weighted by Crippen LogP contribution is -2.46. The van der Waals surface area contributed by atoms with Crippen LogP contribution in [0, 0.1) is 5.92 Å². The molecular weight excluding hydrogens is 186 g/mol. The molecule has 0 aliphatic carbocycles. The molecule has 3 aliphatic rings. The van der Waals surface area contributed by atoms with Gasteiger partial charge in [-0.05, 0) is 57.9 Å². The van der Waals surface area contributed by atoms with Crippen molar-refractivity contribution in [1.82, 2.24) is 15.1 Å². The maximum Gasteiger partial charge on any atom is 0.0235 e. The highest BCUT2D eigenvalue weighted by Gasteiger charge is 2.31. The fraction of sp³-hybridized carbons (Fsp3) is 1.00. The van der Waals surface area contributed by atoms with E-state index < -0.39 is 0 Å². The highest BCUT2D eigenvalue weighted by molar-refractivity contribution is 4.88. The Morgan fingerprint density at radius 2 is 2.07 bits per heavy atom. The normalized spacial score (nSPS) is 38.4. The molecule has 0 aromatic heterocycles. The molecule has 2 atom stereocenters. The second-order valence-corrected chi connectivity index (χ2v) is 5.45. The summed E-state index contributed by atoms with van der Waals surface area (Å²) in [5, 5.41) is 3.47. The summed E-state index contributed by atoms with van der Waals surface area (Å²) in [7, 11) is 0. The van der Waals surface area contributed by atoms with Gasteiger partial charge in [0.15, 0.2) is 0 Å². The molecule has 0 spiro atoms. The molecule has 3 heterocycles. The van der Waals surface area contributed by atoms with Crippen LogP contribution in [0.25, 0.3) is 0 Å². The van der Waals surface area contributed by atoms with Gasteiger partial charge in [0.2, 0.25) is 0 Å². The lowest BCUT2D eigenvalue weighted by atomic mass is 10.1. The molecule has 0 aromatic carbocycles. The minimum atomic E-state index is 0.896. The fourth-order valence-corrected chi connectivity index (χ4v) is 3.22. The van der Waals surface area contributed by atoms with E-state index in [1.807, 2.05) is 0 Å². The SMILES string of the molecule is C1CN(C2CCN(CC3CCNC3)C2)C1. The average molecular weight is 209 g/mol. The number of rotatable bonds is 3. The molecule has 2 unspecified atom stereocenters. The number of nitrogens with zero attached hydrogens (tertiary/aromatic N) is 2. The molecule has 0 amide bonds. The van der Waals surface area contributed by atoms with Crippen LogP contribution in [0.3, 0.4) is 0 Å². The van der Waals surface area contributed by atoms with Gasteiger partial charge in [-0.25, -0.2) is 0 Å². The molecule has 86 valence electrons. The molecule has 3 rings (SSSR count). The molecule has 3 saturated heterocycles. The van der Waals surface area contributed by atoms with E-state index in [9.17, 15) is 0 Å². The van der Waals surface area contributed by atoms with Crippen LogP contribution in [-0.4, -0.2) is 61.7 Å². The Balaban J connectivity index is 1.44. The Bertz CT molecular complexity index is 209. The number of nitrogens with one attached hydrogen (secondary N) is 1. The summed E-state index contributed by atoms with van der Waals surface area (Å²) in [6, 6.07) is 0.896. The fourth-order valence-electron chi connectivity index (χ4n) is 3.22. The molecule has 15 heavy (non-hydrogen) atoms. The van der Waals surface area contributed by atoms with Crippen molar-refractivity contribution in [2.75, 3.05) is 45.8 Å². The molecule has 3 heteroatoms. The molecule has 0 saturated carbocycles. The molecule has 0 bridgehead atoms. The first-order chi connectivity index (χ1) is 7.42. The third-order valence-corrected chi connectivity index (χ3v) is 4.33. The van der Waals surface area contributed by atoms with Crippen LogP contribution in [-0.2, 0) is 0 Å². The Labute approximate surface area is 92.8 Å². The monoisotopic (exact) mass is 209 g/mol. The molecule has 0 aromatic rings. The van der Waals surface area contributed by atoms with Crippen molar-refractivity contribution in [1.29, 1.82) is 0 Å². The molecule has 3 aliphatic heterocycles. The van der Waals surface area contributed by atoms with E-state index in [0.29, 0.717) is 0 Å². The van der Waals surface area contributed by atoms with Crippen LogP contribution in [0.1, 0.15) is 19.3 Å². The van der Waals surface area contributed by atoms with E-state index in [-0.39, 0.29) is 0 Å². The zero-order chi connectivity index (χ0) is 10.1. The maximum absolute atomic E-state index is 3.47. The third-order valence-electron chi connectivity index (χ3n) is 4.33. The van der Waals surface area contributed by atoms with Crippen LogP contribution >= 0.6 is 0 Å². The van der Waals surface area contributed by atoms with Gasteiger partial charge in [0, 0.05) is 19.1 Å². The summed E-state index contributed by atoms with van der Waals surface area (Å²) in [4.78, 5) is 5.37. The van der Waals surface area contributed by atoms with E-state index in [0.717, 1.165) is 12.0 Å². The summed E-state index contributed by atoms with van der Waals surface area (Å²) in [5.41, 5.74) is 0. The van der Waals surface area contributed by atoms with Crippen molar-refractivity contribution in [2.24, 2.45) is 5.92 Å². The van der Waals surface area contributed by atoms with Gasteiger partial charge < -0.3 is 10.2 Å². The summed E-state index contributed by atoms with van der Waals surface area (Å²) in [5.74, 6) is 0.931. The van der Waals surface area contributed by atoms with Crippen molar-refractivity contribution in [2.45, 2.75) is 25.3 Å². The van der Waals surface area contributed by atoms with Crippen molar-refractivity contribution in [3.05, 3.63) is 0 Å². The Morgan fingerprint density at radius 1 is 1.13 bits per heavy atom. The van der Waals surface area contributed by atoms with Crippen LogP contribution in [0.2, 0.25) is 0 Å². The Kier molecular flexibility index (Phi) is 2.95. The molecular formula is C12H23N3. The van der Waals surface area contributed by atoms with Crippen LogP contribution in [0.4, 0.5) is 0 Å². The number of hydrogen-bond acceptors (Lipinski definition) is 3. The smallest absolute Gasteiger partial charge is 0.0235 e. The second kappa shape index (κ2) is 4.40. The number of likely N-dealkylation sites (tertiary alicyclic amines) is 2. The predicted molar refractivity (Wildman–Crippen MR) is 62.0 cm³/mol. The van der Waals surface area contributed by atoms with Gasteiger partial charge >= 0.3 is 0 Å². The van der Waals surface area contributed by atoms with Crippen molar-refractivity contribution >= 4 is 0 Å². The van der Waals surface area contributed by atoms with E-state index in [2.05, 4.69) is 15.1 Å². The third kappa shape index (κ3) is 2.19. The van der Waals surface area contributed by atoms with Crippen LogP contribution in [0.5, 0.6) is 0 Å². The summed E-state index contributed by atoms with van der Waals surface area (Å²) in [6.45, 7) is 9.26. The average Bonchev–Trinajstić information content (AvgIpc) is 2.75. The zero-order valence-electron chi connectivity index (χ0n) is 9.62. The summed E-state index contributed by atoms with van der Waals surface area (Å²) >= 11 is 0. The standard InChI is InChI=1S/C12H23N3/c1-5-15(6-1)12-3-7-14(10-12)9-11-2-4-13-8-11/h11-13H,1-10H2. The van der Waals surface area contributed by atoms with E-state index >= 15 is 0 Å². The highest BCUT2D eigenvalue weighted by Crippen LogP contribution is 2.22. The second-order valence-electron chi connectivity index (χ2n) is 5.45. The van der Waals surface area contributed by atoms with Gasteiger partial charge in [-0.15, -0.1) is 0 Å². The molecule has 0 radical (unpaired) electrons. The van der Waals surface area contributed by atoms with Gasteiger partial charge in [0.1, 0.15) is 0 Å². The highest BCUT2D eigenvalue weighted by atomic mass is 15.3. The minimum Gasteiger partial charge on any atom is -0.316 e. The summed E-state index contributed by atoms with van der Waals surface area (Å²) in [6.07, 6.45) is 4.24. The summed E-state index contributed by atoms with van der Waals surface area (Å²) < 4.78 is 0. The molecule has 1 N–H and O–H groups in total. The first-order valence-corrected chi connectivity index (χ1v) is 6.59. The first kappa shape index (κ1) is 10.1. The lowest BCUT2D eigenvalue weighted by molar-refractivity contribution is 0.118. The van der Waals surface area contributed by atoms with Crippen molar-refractivity contribution in [3.8, 4) is 0 Å². The van der Waals surface area contributed by atoms with Crippen molar-refractivity contribution < 1.29 is 0 Å². The van der Waals surface area contributed by atoms with Crippen molar-refractivity contribution in [3.63, 3.8) is 0 Å². The minimum absolute atomic E-state index is 0.896. The lowest BCUT2D eigenvalue weighted by Gasteiger charge is -2.36. The first-order valence-electron chi connectivity index (χ1n) is 6.59. The molecule has 3 nitrogen and oxygen atoms in total. The Hall–Kier alpha value is -0.120. The predicted octanol–water partition coefficient (Wildman–Crippen LogP) is 0.376. The van der Waals surface area contributed by atoms with Crippen LogP contribution in [0.15, 0.2) is 0 Å². The van der Waals surface area contributed by atoms with Gasteiger partial charge in [-0.2, -0.15) is 0 Å². The van der Waals surface area contributed by atoms with Gasteiger partial charge in [0.25, 0.3) is 0 Å². The Morgan fingerprint density at radius 3 is 2.73 bits per heavy atom. The van der Waals surface area contributed by atoms with E-state index in [1.165, 1.54) is 65.1 Å². The van der Waals surface area contributed by atoms with Gasteiger partial charge in [-0.3, -0.25) is 4.90 Å². The zero-order valence-corrected chi connectivity index (χ0v) is 9.62. The van der Waals surface area contributed by atoms with Gasteiger partial charge in [-0.1, -0.05) is 0 Å². The van der Waals surface area contributed by atoms with E-state index in [4.69, 9.17) is 0 Å². The number of hydrogen-bond donors (Lipinski definition) is 1.